The van der Waals surface area contributed by atoms with Crippen molar-refractivity contribution in [3.05, 3.63) is 59.3 Å². The summed E-state index contributed by atoms with van der Waals surface area (Å²) in [5.74, 6) is 0.113. The van der Waals surface area contributed by atoms with E-state index in [9.17, 15) is 9.59 Å². The molecule has 8 heteroatoms. The lowest BCUT2D eigenvalue weighted by Crippen LogP contribution is -2.27. The molecule has 3 rings (SSSR count). The SMILES string of the molecule is COC(=O)N(C)c1ccccc1C(=O)OCc1csc(-c2ccco2)n1. The van der Waals surface area contributed by atoms with Crippen molar-refractivity contribution in [2.75, 3.05) is 19.1 Å². The minimum atomic E-state index is -0.576. The van der Waals surface area contributed by atoms with Gasteiger partial charge in [0.1, 0.15) is 6.61 Å². The summed E-state index contributed by atoms with van der Waals surface area (Å²) in [5.41, 5.74) is 1.29. The molecule has 0 radical (unpaired) electrons. The first kappa shape index (κ1) is 17.7. The van der Waals surface area contributed by atoms with Gasteiger partial charge in [0.15, 0.2) is 10.8 Å². The van der Waals surface area contributed by atoms with Crippen molar-refractivity contribution in [1.29, 1.82) is 0 Å². The molecule has 0 aliphatic carbocycles. The van der Waals surface area contributed by atoms with E-state index in [-0.39, 0.29) is 12.2 Å². The lowest BCUT2D eigenvalue weighted by Gasteiger charge is -2.18. The van der Waals surface area contributed by atoms with Crippen molar-refractivity contribution in [2.45, 2.75) is 6.61 Å². The number of carbonyl (C=O) groups excluding carboxylic acids is 2. The highest BCUT2D eigenvalue weighted by Crippen LogP contribution is 2.25. The summed E-state index contributed by atoms with van der Waals surface area (Å²) in [6.45, 7) is 0.0202. The number of hydrogen-bond acceptors (Lipinski definition) is 7. The van der Waals surface area contributed by atoms with Crippen molar-refractivity contribution < 1.29 is 23.5 Å². The van der Waals surface area contributed by atoms with Crippen LogP contribution in [0.25, 0.3) is 10.8 Å². The molecule has 0 aliphatic heterocycles. The number of carbonyl (C=O) groups is 2. The number of nitrogens with zero attached hydrogens (tertiary/aromatic N) is 2. The summed E-state index contributed by atoms with van der Waals surface area (Å²) >= 11 is 1.40. The van der Waals surface area contributed by atoms with Gasteiger partial charge >= 0.3 is 12.1 Å². The van der Waals surface area contributed by atoms with Gasteiger partial charge in [0.2, 0.25) is 0 Å². The zero-order chi connectivity index (χ0) is 18.5. The van der Waals surface area contributed by atoms with E-state index in [0.29, 0.717) is 22.1 Å². The molecule has 0 spiro atoms. The first-order chi connectivity index (χ1) is 12.6. The van der Waals surface area contributed by atoms with Crippen LogP contribution in [0.2, 0.25) is 0 Å². The molecule has 2 aromatic heterocycles. The molecule has 1 aromatic carbocycles. The number of hydrogen-bond donors (Lipinski definition) is 0. The lowest BCUT2D eigenvalue weighted by molar-refractivity contribution is 0.0469. The van der Waals surface area contributed by atoms with Crippen LogP contribution in [0.1, 0.15) is 16.1 Å². The van der Waals surface area contributed by atoms with Crippen LogP contribution in [0.3, 0.4) is 0 Å². The highest BCUT2D eigenvalue weighted by atomic mass is 32.1. The van der Waals surface area contributed by atoms with Gasteiger partial charge in [-0.2, -0.15) is 0 Å². The van der Waals surface area contributed by atoms with Gasteiger partial charge in [-0.1, -0.05) is 12.1 Å². The summed E-state index contributed by atoms with van der Waals surface area (Å²) in [5, 5.41) is 2.52. The minimum Gasteiger partial charge on any atom is -0.462 e. The Kier molecular flexibility index (Phi) is 5.33. The number of para-hydroxylation sites is 1. The summed E-state index contributed by atoms with van der Waals surface area (Å²) in [7, 11) is 2.80. The third-order valence-corrected chi connectivity index (χ3v) is 4.47. The molecule has 0 fully saturated rings. The van der Waals surface area contributed by atoms with Gasteiger partial charge < -0.3 is 13.9 Å². The quantitative estimate of drug-likeness (QED) is 0.631. The molecular weight excluding hydrogens is 356 g/mol. The fraction of sp³-hybridized carbons (Fsp3) is 0.167. The number of esters is 1. The molecule has 26 heavy (non-hydrogen) atoms. The molecule has 0 N–H and O–H groups in total. The maximum Gasteiger partial charge on any atom is 0.413 e. The van der Waals surface area contributed by atoms with E-state index in [4.69, 9.17) is 9.15 Å². The number of benzene rings is 1. The van der Waals surface area contributed by atoms with E-state index in [1.54, 1.807) is 42.0 Å². The monoisotopic (exact) mass is 372 g/mol. The molecule has 134 valence electrons. The van der Waals surface area contributed by atoms with Crippen LogP contribution in [0.4, 0.5) is 10.5 Å². The Bertz CT molecular complexity index is 904. The largest absolute Gasteiger partial charge is 0.462 e. The molecule has 0 bridgehead atoms. The third-order valence-electron chi connectivity index (χ3n) is 3.57. The Hall–Kier alpha value is -3.13. The smallest absolute Gasteiger partial charge is 0.413 e. The van der Waals surface area contributed by atoms with E-state index >= 15 is 0 Å². The van der Waals surface area contributed by atoms with Crippen molar-refractivity contribution >= 4 is 29.1 Å². The lowest BCUT2D eigenvalue weighted by atomic mass is 10.1. The third kappa shape index (κ3) is 3.75. The van der Waals surface area contributed by atoms with Gasteiger partial charge in [0.05, 0.1) is 30.3 Å². The Morgan fingerprint density at radius 2 is 2.04 bits per heavy atom. The zero-order valence-electron chi connectivity index (χ0n) is 14.2. The average Bonchev–Trinajstić information content (AvgIpc) is 3.36. The second-order valence-electron chi connectivity index (χ2n) is 5.24. The van der Waals surface area contributed by atoms with Crippen LogP contribution < -0.4 is 4.90 Å². The van der Waals surface area contributed by atoms with Gasteiger partial charge in [-0.15, -0.1) is 11.3 Å². The average molecular weight is 372 g/mol. The van der Waals surface area contributed by atoms with E-state index < -0.39 is 12.1 Å². The topological polar surface area (TPSA) is 81.9 Å². The van der Waals surface area contributed by atoms with Gasteiger partial charge in [-0.3, -0.25) is 4.90 Å². The van der Waals surface area contributed by atoms with E-state index in [1.807, 2.05) is 6.07 Å². The second-order valence-corrected chi connectivity index (χ2v) is 6.10. The Morgan fingerprint density at radius 1 is 1.23 bits per heavy atom. The van der Waals surface area contributed by atoms with Crippen LogP contribution in [0, 0.1) is 0 Å². The number of thiazole rings is 1. The van der Waals surface area contributed by atoms with Crippen LogP contribution in [-0.4, -0.2) is 31.2 Å². The molecular formula is C18H16N2O5S. The van der Waals surface area contributed by atoms with Crippen molar-refractivity contribution in [3.63, 3.8) is 0 Å². The summed E-state index contributed by atoms with van der Waals surface area (Å²) in [6, 6.07) is 10.3. The van der Waals surface area contributed by atoms with Crippen LogP contribution in [-0.2, 0) is 16.1 Å². The summed E-state index contributed by atoms with van der Waals surface area (Å²) < 4.78 is 15.3. The molecule has 3 aromatic rings. The fourth-order valence-electron chi connectivity index (χ4n) is 2.28. The Balaban J connectivity index is 1.70. The van der Waals surface area contributed by atoms with Crippen molar-refractivity contribution in [2.24, 2.45) is 0 Å². The van der Waals surface area contributed by atoms with Crippen molar-refractivity contribution in [3.8, 4) is 10.8 Å². The molecule has 1 amide bonds. The fourth-order valence-corrected chi connectivity index (χ4v) is 3.05. The van der Waals surface area contributed by atoms with Crippen LogP contribution in [0.5, 0.6) is 0 Å². The summed E-state index contributed by atoms with van der Waals surface area (Å²) in [6.07, 6.45) is 0.999. The van der Waals surface area contributed by atoms with Gasteiger partial charge in [-0.25, -0.2) is 14.6 Å². The maximum atomic E-state index is 12.4. The van der Waals surface area contributed by atoms with E-state index in [2.05, 4.69) is 9.72 Å². The highest BCUT2D eigenvalue weighted by molar-refractivity contribution is 7.13. The minimum absolute atomic E-state index is 0.0202. The zero-order valence-corrected chi connectivity index (χ0v) is 15.0. The predicted molar refractivity (Wildman–Crippen MR) is 96.2 cm³/mol. The standard InChI is InChI=1S/C18H16N2O5S/c1-20(18(22)23-2)14-7-4-3-6-13(14)17(21)25-10-12-11-26-16(19-12)15-8-5-9-24-15/h3-9,11H,10H2,1-2H3. The number of rotatable bonds is 5. The second kappa shape index (κ2) is 7.83. The normalized spacial score (nSPS) is 10.4. The van der Waals surface area contributed by atoms with Gasteiger partial charge in [0.25, 0.3) is 0 Å². The molecule has 0 saturated heterocycles. The number of aromatic nitrogens is 1. The first-order valence-corrected chi connectivity index (χ1v) is 8.54. The highest BCUT2D eigenvalue weighted by Gasteiger charge is 2.20. The number of ether oxygens (including phenoxy) is 2. The molecule has 0 saturated carbocycles. The van der Waals surface area contributed by atoms with Gasteiger partial charge in [0, 0.05) is 12.4 Å². The first-order valence-electron chi connectivity index (χ1n) is 7.66. The van der Waals surface area contributed by atoms with Crippen molar-refractivity contribution in [1.82, 2.24) is 4.98 Å². The Morgan fingerprint density at radius 3 is 2.77 bits per heavy atom. The Labute approximate surface area is 153 Å². The molecule has 0 aliphatic rings. The maximum absolute atomic E-state index is 12.4. The number of anilines is 1. The van der Waals surface area contributed by atoms with E-state index in [1.165, 1.54) is 30.4 Å². The predicted octanol–water partition coefficient (Wildman–Crippen LogP) is 3.96. The van der Waals surface area contributed by atoms with Gasteiger partial charge in [-0.05, 0) is 24.3 Å². The number of furan rings is 1. The molecule has 0 unspecified atom stereocenters. The number of methoxy groups -OCH3 is 1. The van der Waals surface area contributed by atoms with Crippen LogP contribution in [0.15, 0.2) is 52.5 Å². The number of amides is 1. The molecule has 7 nitrogen and oxygen atoms in total. The van der Waals surface area contributed by atoms with E-state index in [0.717, 1.165) is 0 Å². The molecule has 0 atom stereocenters. The van der Waals surface area contributed by atoms with Crippen LogP contribution >= 0.6 is 11.3 Å². The summed E-state index contributed by atoms with van der Waals surface area (Å²) in [4.78, 5) is 29.8. The molecule has 2 heterocycles.